The summed E-state index contributed by atoms with van der Waals surface area (Å²) in [5.41, 5.74) is 4.72. The van der Waals surface area contributed by atoms with Crippen LogP contribution in [-0.2, 0) is 17.6 Å². The van der Waals surface area contributed by atoms with Crippen molar-refractivity contribution >= 4 is 45.0 Å². The molecule has 0 fully saturated rings. The van der Waals surface area contributed by atoms with Gasteiger partial charge >= 0.3 is 0 Å². The number of thiazole rings is 1. The fourth-order valence-corrected chi connectivity index (χ4v) is 5.94. The Kier molecular flexibility index (Phi) is 6.37. The molecule has 5 rings (SSSR count). The highest BCUT2D eigenvalue weighted by molar-refractivity contribution is 7.99. The van der Waals surface area contributed by atoms with Crippen LogP contribution in [0.2, 0.25) is 0 Å². The Morgan fingerprint density at radius 3 is 2.67 bits per heavy atom. The van der Waals surface area contributed by atoms with Crippen molar-refractivity contribution < 1.29 is 9.53 Å². The highest BCUT2D eigenvalue weighted by Gasteiger charge is 2.17. The maximum absolute atomic E-state index is 12.6. The number of aryl methyl sites for hydroxylation is 3. The molecule has 6 nitrogen and oxygen atoms in total. The van der Waals surface area contributed by atoms with Crippen molar-refractivity contribution in [3.8, 4) is 10.9 Å². The topological polar surface area (TPSA) is 69.0 Å². The van der Waals surface area contributed by atoms with Crippen molar-refractivity contribution in [3.63, 3.8) is 0 Å². The van der Waals surface area contributed by atoms with Crippen LogP contribution in [0, 0.1) is 6.92 Å². The molecular formula is C25H26N4O2S2. The lowest BCUT2D eigenvalue weighted by Gasteiger charge is -2.14. The fraction of sp³-hybridized carbons (Fsp3) is 0.320. The molecule has 1 amide bonds. The van der Waals surface area contributed by atoms with Gasteiger partial charge in [0.25, 0.3) is 0 Å². The number of aromatic nitrogens is 3. The van der Waals surface area contributed by atoms with E-state index in [0.717, 1.165) is 39.8 Å². The Morgan fingerprint density at radius 2 is 1.91 bits per heavy atom. The summed E-state index contributed by atoms with van der Waals surface area (Å²) in [5.74, 6) is 2.15. The van der Waals surface area contributed by atoms with Gasteiger partial charge in [0.2, 0.25) is 11.0 Å². The van der Waals surface area contributed by atoms with Gasteiger partial charge in [-0.15, -0.1) is 11.8 Å². The van der Waals surface area contributed by atoms with Gasteiger partial charge in [0.15, 0.2) is 0 Å². The van der Waals surface area contributed by atoms with Gasteiger partial charge in [0.1, 0.15) is 11.6 Å². The summed E-state index contributed by atoms with van der Waals surface area (Å²) < 4.78 is 8.12. The zero-order valence-corrected chi connectivity index (χ0v) is 20.4. The molecule has 4 aromatic rings. The number of amides is 1. The average Bonchev–Trinajstić information content (AvgIpc) is 3.40. The van der Waals surface area contributed by atoms with Crippen LogP contribution in [-0.4, -0.2) is 33.5 Å². The Morgan fingerprint density at radius 1 is 1.15 bits per heavy atom. The maximum atomic E-state index is 12.6. The molecule has 170 valence electrons. The number of thioether (sulfide) groups is 1. The first kappa shape index (κ1) is 22.0. The summed E-state index contributed by atoms with van der Waals surface area (Å²) in [6.45, 7) is 1.93. The zero-order valence-electron chi connectivity index (χ0n) is 18.8. The number of rotatable bonds is 7. The molecule has 8 heteroatoms. The van der Waals surface area contributed by atoms with Crippen LogP contribution in [0.25, 0.3) is 15.3 Å². The summed E-state index contributed by atoms with van der Waals surface area (Å²) in [7, 11) is 1.65. The molecule has 1 aliphatic rings. The van der Waals surface area contributed by atoms with E-state index in [0.29, 0.717) is 18.0 Å². The number of hydrogen-bond donors (Lipinski definition) is 1. The third-order valence-corrected chi connectivity index (χ3v) is 7.79. The first-order valence-electron chi connectivity index (χ1n) is 11.1. The van der Waals surface area contributed by atoms with Crippen molar-refractivity contribution in [2.24, 2.45) is 0 Å². The third kappa shape index (κ3) is 4.91. The molecule has 0 aliphatic heterocycles. The van der Waals surface area contributed by atoms with Gasteiger partial charge in [0, 0.05) is 23.1 Å². The fourth-order valence-electron chi connectivity index (χ4n) is 4.11. The van der Waals surface area contributed by atoms with Crippen LogP contribution < -0.4 is 10.1 Å². The highest BCUT2D eigenvalue weighted by atomic mass is 32.2. The molecule has 0 saturated heterocycles. The zero-order chi connectivity index (χ0) is 22.8. The smallest absolute Gasteiger partial charge is 0.226 e. The summed E-state index contributed by atoms with van der Waals surface area (Å²) in [4.78, 5) is 18.6. The minimum absolute atomic E-state index is 0.0336. The minimum Gasteiger partial charge on any atom is -0.497 e. The highest BCUT2D eigenvalue weighted by Crippen LogP contribution is 2.32. The Bertz CT molecular complexity index is 1250. The van der Waals surface area contributed by atoms with Crippen molar-refractivity contribution in [2.45, 2.75) is 43.9 Å². The molecule has 0 unspecified atom stereocenters. The number of nitrogens with one attached hydrogen (secondary N) is 1. The van der Waals surface area contributed by atoms with Gasteiger partial charge in [-0.2, -0.15) is 9.78 Å². The van der Waals surface area contributed by atoms with E-state index in [1.165, 1.54) is 28.7 Å². The largest absolute Gasteiger partial charge is 0.497 e. The van der Waals surface area contributed by atoms with E-state index < -0.39 is 0 Å². The molecular weight excluding hydrogens is 452 g/mol. The monoisotopic (exact) mass is 478 g/mol. The second-order valence-corrected chi connectivity index (χ2v) is 10.4. The Balaban J connectivity index is 1.28. The Labute approximate surface area is 201 Å². The number of ether oxygens (including phenoxy) is 1. The first-order chi connectivity index (χ1) is 16.1. The molecule has 2 aromatic carbocycles. The normalized spacial score (nSPS) is 13.2. The second-order valence-electron chi connectivity index (χ2n) is 8.20. The van der Waals surface area contributed by atoms with Crippen LogP contribution in [0.15, 0.2) is 47.4 Å². The first-order valence-corrected chi connectivity index (χ1v) is 13.0. The van der Waals surface area contributed by atoms with Gasteiger partial charge in [-0.25, -0.2) is 4.98 Å². The van der Waals surface area contributed by atoms with E-state index in [1.807, 2.05) is 37.3 Å². The maximum Gasteiger partial charge on any atom is 0.226 e. The van der Waals surface area contributed by atoms with Crippen molar-refractivity contribution in [1.82, 2.24) is 14.8 Å². The average molecular weight is 479 g/mol. The van der Waals surface area contributed by atoms with Gasteiger partial charge in [-0.1, -0.05) is 11.3 Å². The number of benzene rings is 2. The van der Waals surface area contributed by atoms with Gasteiger partial charge < -0.3 is 10.1 Å². The second kappa shape index (κ2) is 9.57. The lowest BCUT2D eigenvalue weighted by molar-refractivity contribution is -0.115. The van der Waals surface area contributed by atoms with Crippen LogP contribution in [0.1, 0.15) is 36.1 Å². The quantitative estimate of drug-likeness (QED) is 0.340. The van der Waals surface area contributed by atoms with Crippen molar-refractivity contribution in [3.05, 3.63) is 59.3 Å². The van der Waals surface area contributed by atoms with E-state index in [1.54, 1.807) is 34.9 Å². The van der Waals surface area contributed by atoms with E-state index in [9.17, 15) is 4.79 Å². The molecule has 1 N–H and O–H groups in total. The number of anilines is 1. The van der Waals surface area contributed by atoms with Gasteiger partial charge in [-0.05, 0) is 80.1 Å². The van der Waals surface area contributed by atoms with Crippen LogP contribution in [0.4, 0.5) is 5.82 Å². The molecule has 0 bridgehead atoms. The molecule has 0 spiro atoms. The predicted octanol–water partition coefficient (Wildman–Crippen LogP) is 5.80. The van der Waals surface area contributed by atoms with Crippen molar-refractivity contribution in [2.75, 3.05) is 18.2 Å². The summed E-state index contributed by atoms with van der Waals surface area (Å²) in [6, 6.07) is 14.3. The summed E-state index contributed by atoms with van der Waals surface area (Å²) in [5, 5.41) is 8.41. The molecule has 2 aromatic heterocycles. The molecule has 2 heterocycles. The molecule has 0 atom stereocenters. The number of methoxy groups -OCH3 is 1. The number of carbonyl (C=O) groups is 1. The number of nitrogens with zero attached hydrogens (tertiary/aromatic N) is 3. The van der Waals surface area contributed by atoms with E-state index >= 15 is 0 Å². The molecule has 33 heavy (non-hydrogen) atoms. The van der Waals surface area contributed by atoms with Gasteiger partial charge in [0.05, 0.1) is 23.0 Å². The SMILES string of the molecule is COc1ccc(SCCC(=O)Nc2cc(C)nn2-c2nc3cc4c(cc3s2)CCCC4)cc1. The lowest BCUT2D eigenvalue weighted by Crippen LogP contribution is -2.15. The lowest BCUT2D eigenvalue weighted by atomic mass is 9.92. The number of carbonyl (C=O) groups excluding carboxylic acids is 1. The molecule has 0 radical (unpaired) electrons. The molecule has 0 saturated carbocycles. The van der Waals surface area contributed by atoms with Crippen LogP contribution in [0.5, 0.6) is 5.75 Å². The van der Waals surface area contributed by atoms with E-state index in [4.69, 9.17) is 9.72 Å². The van der Waals surface area contributed by atoms with E-state index in [-0.39, 0.29) is 5.91 Å². The van der Waals surface area contributed by atoms with Gasteiger partial charge in [-0.3, -0.25) is 4.79 Å². The molecule has 1 aliphatic carbocycles. The van der Waals surface area contributed by atoms with E-state index in [2.05, 4.69) is 22.5 Å². The number of fused-ring (bicyclic) bond motifs is 2. The Hall–Kier alpha value is -2.84. The standard InChI is InChI=1S/C25H26N4O2S2/c1-16-13-23(27-24(30)11-12-32-20-9-7-19(31-2)8-10-20)29(28-16)25-26-21-14-17-5-3-4-6-18(17)15-22(21)33-25/h7-10,13-15H,3-6,11-12H2,1-2H3,(H,27,30). The minimum atomic E-state index is -0.0336. The van der Waals surface area contributed by atoms with Crippen LogP contribution in [0.3, 0.4) is 0 Å². The third-order valence-electron chi connectivity index (χ3n) is 5.78. The summed E-state index contributed by atoms with van der Waals surface area (Å²) >= 11 is 3.27. The number of hydrogen-bond acceptors (Lipinski definition) is 6. The van der Waals surface area contributed by atoms with Crippen molar-refractivity contribution in [1.29, 1.82) is 0 Å². The predicted molar refractivity (Wildman–Crippen MR) is 135 cm³/mol. The summed E-state index contributed by atoms with van der Waals surface area (Å²) in [6.07, 6.45) is 5.20. The van der Waals surface area contributed by atoms with Crippen LogP contribution >= 0.6 is 23.1 Å².